The number of carbonyl (C=O) groups is 1. The van der Waals surface area contributed by atoms with Crippen LogP contribution in [0.1, 0.15) is 32.7 Å². The summed E-state index contributed by atoms with van der Waals surface area (Å²) >= 11 is 3.45. The van der Waals surface area contributed by atoms with Crippen molar-refractivity contribution in [2.24, 2.45) is 0 Å². The van der Waals surface area contributed by atoms with Gasteiger partial charge < -0.3 is 4.57 Å². The first-order chi connectivity index (χ1) is 12.2. The Morgan fingerprint density at radius 1 is 1.04 bits per heavy atom. The number of nitrogens with zero attached hydrogens (tertiary/aromatic N) is 1. The summed E-state index contributed by atoms with van der Waals surface area (Å²) in [6.07, 6.45) is 6.10. The van der Waals surface area contributed by atoms with Crippen molar-refractivity contribution >= 4 is 27.8 Å². The highest BCUT2D eigenvalue weighted by atomic mass is 79.9. The lowest BCUT2D eigenvalue weighted by molar-refractivity contribution is 0.103. The van der Waals surface area contributed by atoms with Gasteiger partial charge in [-0.3, -0.25) is 4.79 Å². The predicted molar refractivity (Wildman–Crippen MR) is 107 cm³/mol. The number of allylic oxidation sites excluding steroid dienone is 1. The van der Waals surface area contributed by atoms with E-state index < -0.39 is 0 Å². The highest BCUT2D eigenvalue weighted by molar-refractivity contribution is 9.08. The summed E-state index contributed by atoms with van der Waals surface area (Å²) in [5.74, 6) is 0.0556. The Morgan fingerprint density at radius 2 is 1.76 bits per heavy atom. The van der Waals surface area contributed by atoms with Crippen LogP contribution in [-0.4, -0.2) is 10.4 Å². The van der Waals surface area contributed by atoms with Crippen molar-refractivity contribution in [3.8, 4) is 0 Å². The van der Waals surface area contributed by atoms with E-state index in [0.717, 1.165) is 22.0 Å². The van der Waals surface area contributed by atoms with Gasteiger partial charge in [-0.25, -0.2) is 0 Å². The van der Waals surface area contributed by atoms with Crippen LogP contribution in [0, 0.1) is 6.92 Å². The van der Waals surface area contributed by atoms with E-state index in [4.69, 9.17) is 0 Å². The van der Waals surface area contributed by atoms with Crippen molar-refractivity contribution < 1.29 is 4.79 Å². The van der Waals surface area contributed by atoms with Crippen LogP contribution < -0.4 is 0 Å². The normalized spacial score (nSPS) is 11.1. The molecule has 0 fully saturated rings. The summed E-state index contributed by atoms with van der Waals surface area (Å²) in [6.45, 7) is 2.69. The van der Waals surface area contributed by atoms with Gasteiger partial charge >= 0.3 is 0 Å². The van der Waals surface area contributed by atoms with Crippen LogP contribution in [0.25, 0.3) is 6.08 Å². The maximum atomic E-state index is 12.7. The van der Waals surface area contributed by atoms with E-state index in [9.17, 15) is 4.79 Å². The second-order valence-electron chi connectivity index (χ2n) is 6.02. The summed E-state index contributed by atoms with van der Waals surface area (Å²) in [5, 5.41) is 0.866. The van der Waals surface area contributed by atoms with Crippen LogP contribution in [0.3, 0.4) is 0 Å². The smallest absolute Gasteiger partial charge is 0.209 e. The van der Waals surface area contributed by atoms with Gasteiger partial charge in [0.25, 0.3) is 0 Å². The van der Waals surface area contributed by atoms with E-state index in [1.165, 1.54) is 5.56 Å². The molecule has 1 heterocycles. The first-order valence-electron chi connectivity index (χ1n) is 8.25. The molecule has 0 unspecified atom stereocenters. The predicted octanol–water partition coefficient (Wildman–Crippen LogP) is 5.64. The van der Waals surface area contributed by atoms with Gasteiger partial charge in [-0.1, -0.05) is 82.2 Å². The Kier molecular flexibility index (Phi) is 5.67. The second kappa shape index (κ2) is 8.13. The van der Waals surface area contributed by atoms with Crippen LogP contribution in [0.5, 0.6) is 0 Å². The Labute approximate surface area is 156 Å². The van der Waals surface area contributed by atoms with Crippen molar-refractivity contribution in [3.05, 3.63) is 101 Å². The molecule has 0 N–H and O–H groups in total. The monoisotopic (exact) mass is 393 g/mol. The van der Waals surface area contributed by atoms with Crippen molar-refractivity contribution in [1.29, 1.82) is 0 Å². The molecule has 0 atom stereocenters. The molecule has 126 valence electrons. The lowest BCUT2D eigenvalue weighted by atomic mass is 10.1. The largest absolute Gasteiger partial charge is 0.341 e. The number of aromatic nitrogens is 1. The van der Waals surface area contributed by atoms with Crippen LogP contribution in [0.4, 0.5) is 0 Å². The molecule has 2 aromatic carbocycles. The number of carbonyl (C=O) groups excluding carboxylic acids is 1. The van der Waals surface area contributed by atoms with Gasteiger partial charge in [0.2, 0.25) is 5.78 Å². The summed E-state index contributed by atoms with van der Waals surface area (Å²) < 4.78 is 1.98. The van der Waals surface area contributed by atoms with E-state index in [2.05, 4.69) is 52.3 Å². The maximum absolute atomic E-state index is 12.7. The zero-order valence-corrected chi connectivity index (χ0v) is 15.7. The van der Waals surface area contributed by atoms with Gasteiger partial charge in [-0.05, 0) is 30.2 Å². The molecule has 3 heteroatoms. The molecule has 3 rings (SSSR count). The van der Waals surface area contributed by atoms with E-state index in [1.54, 1.807) is 0 Å². The third-order valence-electron chi connectivity index (χ3n) is 4.12. The highest BCUT2D eigenvalue weighted by Gasteiger charge is 2.12. The lowest BCUT2D eigenvalue weighted by Crippen LogP contribution is -2.09. The summed E-state index contributed by atoms with van der Waals surface area (Å²) in [4.78, 5) is 12.7. The molecule has 0 bridgehead atoms. The number of rotatable bonds is 6. The van der Waals surface area contributed by atoms with Crippen molar-refractivity contribution in [3.63, 3.8) is 0 Å². The van der Waals surface area contributed by atoms with Gasteiger partial charge in [-0.15, -0.1) is 0 Å². The number of benzene rings is 2. The van der Waals surface area contributed by atoms with Crippen LogP contribution in [0.15, 0.2) is 72.9 Å². The first kappa shape index (κ1) is 17.4. The molecule has 0 aliphatic heterocycles. The number of ketones is 1. The summed E-state index contributed by atoms with van der Waals surface area (Å²) in [6, 6.07) is 19.9. The van der Waals surface area contributed by atoms with Crippen LogP contribution >= 0.6 is 15.9 Å². The third kappa shape index (κ3) is 4.37. The maximum Gasteiger partial charge on any atom is 0.209 e. The van der Waals surface area contributed by atoms with Gasteiger partial charge in [-0.2, -0.15) is 0 Å². The van der Waals surface area contributed by atoms with Crippen LogP contribution in [0.2, 0.25) is 0 Å². The molecule has 0 spiro atoms. The molecule has 0 saturated heterocycles. The number of halogens is 1. The standard InChI is InChI=1S/C22H20BrNO/c1-17-6-12-20(13-7-17)22(25)21-5-3-15-24(21)14-2-4-18-8-10-19(16-23)11-9-18/h2-13,15H,14,16H2,1H3. The molecule has 0 saturated carbocycles. The van der Waals surface area contributed by atoms with Crippen molar-refractivity contribution in [1.82, 2.24) is 4.57 Å². The Bertz CT molecular complexity index is 873. The third-order valence-corrected chi connectivity index (χ3v) is 4.77. The SMILES string of the molecule is Cc1ccc(C(=O)c2cccn2CC=Cc2ccc(CBr)cc2)cc1. The van der Waals surface area contributed by atoms with E-state index in [-0.39, 0.29) is 5.78 Å². The molecule has 0 aliphatic rings. The fraction of sp³-hybridized carbons (Fsp3) is 0.136. The molecule has 2 nitrogen and oxygen atoms in total. The second-order valence-corrected chi connectivity index (χ2v) is 6.58. The first-order valence-corrected chi connectivity index (χ1v) is 9.37. The summed E-state index contributed by atoms with van der Waals surface area (Å²) in [5.41, 5.74) is 5.00. The Morgan fingerprint density at radius 3 is 2.44 bits per heavy atom. The van der Waals surface area contributed by atoms with Gasteiger partial charge in [0.1, 0.15) is 0 Å². The molecule has 0 aliphatic carbocycles. The van der Waals surface area contributed by atoms with Crippen molar-refractivity contribution in [2.75, 3.05) is 0 Å². The minimum Gasteiger partial charge on any atom is -0.341 e. The van der Waals surface area contributed by atoms with E-state index >= 15 is 0 Å². The topological polar surface area (TPSA) is 22.0 Å². The Hall–Kier alpha value is -2.39. The molecular formula is C22H20BrNO. The zero-order chi connectivity index (χ0) is 17.6. The quantitative estimate of drug-likeness (QED) is 0.392. The van der Waals surface area contributed by atoms with Gasteiger partial charge in [0, 0.05) is 23.6 Å². The minimum absolute atomic E-state index is 0.0556. The fourth-order valence-electron chi connectivity index (χ4n) is 2.65. The fourth-order valence-corrected chi connectivity index (χ4v) is 3.03. The zero-order valence-electron chi connectivity index (χ0n) is 14.2. The molecule has 0 amide bonds. The number of aryl methyl sites for hydroxylation is 1. The molecule has 3 aromatic rings. The number of hydrogen-bond donors (Lipinski definition) is 0. The average Bonchev–Trinajstić information content (AvgIpc) is 3.11. The minimum atomic E-state index is 0.0556. The lowest BCUT2D eigenvalue weighted by Gasteiger charge is -2.06. The average molecular weight is 394 g/mol. The highest BCUT2D eigenvalue weighted by Crippen LogP contribution is 2.13. The number of hydrogen-bond acceptors (Lipinski definition) is 1. The molecular weight excluding hydrogens is 374 g/mol. The molecule has 1 aromatic heterocycles. The van der Waals surface area contributed by atoms with Crippen LogP contribution in [-0.2, 0) is 11.9 Å². The number of alkyl halides is 1. The Balaban J connectivity index is 1.71. The van der Waals surface area contributed by atoms with Gasteiger partial charge in [0.15, 0.2) is 0 Å². The van der Waals surface area contributed by atoms with Gasteiger partial charge in [0.05, 0.1) is 5.69 Å². The van der Waals surface area contributed by atoms with Crippen molar-refractivity contribution in [2.45, 2.75) is 18.8 Å². The van der Waals surface area contributed by atoms with E-state index in [0.29, 0.717) is 12.2 Å². The van der Waals surface area contributed by atoms with E-state index in [1.807, 2.05) is 54.1 Å². The summed E-state index contributed by atoms with van der Waals surface area (Å²) in [7, 11) is 0. The molecule has 25 heavy (non-hydrogen) atoms. The molecule has 0 radical (unpaired) electrons.